The Bertz CT molecular complexity index is 96.7. The Hall–Kier alpha value is -0.0800. The lowest BCUT2D eigenvalue weighted by Crippen LogP contribution is -2.48. The summed E-state index contributed by atoms with van der Waals surface area (Å²) in [6.07, 6.45) is 2.76. The Labute approximate surface area is 49.7 Å². The molecule has 0 spiro atoms. The molecule has 3 fully saturated rings. The van der Waals surface area contributed by atoms with Crippen LogP contribution >= 0.6 is 0 Å². The van der Waals surface area contributed by atoms with Gasteiger partial charge in [0.25, 0.3) is 0 Å². The van der Waals surface area contributed by atoms with Crippen LogP contribution < -0.4 is 10.6 Å². The minimum absolute atomic E-state index is 0.778. The first kappa shape index (κ1) is 4.77. The fourth-order valence-corrected chi connectivity index (χ4v) is 1.82. The van der Waals surface area contributed by atoms with E-state index >= 15 is 0 Å². The lowest BCUT2D eigenvalue weighted by molar-refractivity contribution is 0.350. The molecule has 2 aliphatic heterocycles. The van der Waals surface area contributed by atoms with E-state index in [1.54, 1.807) is 0 Å². The van der Waals surface area contributed by atoms with Gasteiger partial charge in [-0.15, -0.1) is 0 Å². The molecular weight excluding hydrogens is 100 g/mol. The van der Waals surface area contributed by atoms with E-state index < -0.39 is 0 Å². The molecule has 1 aliphatic carbocycles. The Morgan fingerprint density at radius 2 is 2.25 bits per heavy atom. The van der Waals surface area contributed by atoms with Crippen molar-refractivity contribution in [1.29, 1.82) is 0 Å². The number of fused-ring (bicyclic) bond motifs is 1. The summed E-state index contributed by atoms with van der Waals surface area (Å²) in [4.78, 5) is 0. The second kappa shape index (κ2) is 1.45. The first-order chi connectivity index (χ1) is 3.90. The van der Waals surface area contributed by atoms with Crippen LogP contribution in [0.2, 0.25) is 0 Å². The third kappa shape index (κ3) is 0.446. The van der Waals surface area contributed by atoms with Crippen LogP contribution in [-0.4, -0.2) is 25.2 Å². The monoisotopic (exact) mass is 112 g/mol. The van der Waals surface area contributed by atoms with E-state index in [4.69, 9.17) is 0 Å². The first-order valence-electron chi connectivity index (χ1n) is 3.33. The predicted octanol–water partition coefficient (Wildman–Crippen LogP) is -0.291. The molecule has 2 nitrogen and oxygen atoms in total. The summed E-state index contributed by atoms with van der Waals surface area (Å²) in [5, 5.41) is 6.75. The van der Waals surface area contributed by atoms with Gasteiger partial charge in [-0.2, -0.15) is 0 Å². The Kier molecular flexibility index (Phi) is 0.866. The van der Waals surface area contributed by atoms with Crippen molar-refractivity contribution in [2.24, 2.45) is 0 Å². The van der Waals surface area contributed by atoms with Crippen molar-refractivity contribution in [3.05, 3.63) is 0 Å². The van der Waals surface area contributed by atoms with Gasteiger partial charge in [0.1, 0.15) is 0 Å². The third-order valence-corrected chi connectivity index (χ3v) is 2.38. The first-order valence-corrected chi connectivity index (χ1v) is 3.33. The van der Waals surface area contributed by atoms with Crippen molar-refractivity contribution in [1.82, 2.24) is 10.6 Å². The predicted molar refractivity (Wildman–Crippen MR) is 32.8 cm³/mol. The molecule has 0 radical (unpaired) electrons. The molecule has 2 N–H and O–H groups in total. The molecule has 3 unspecified atom stereocenters. The maximum Gasteiger partial charge on any atom is 0.0239 e. The van der Waals surface area contributed by atoms with Gasteiger partial charge in [-0.25, -0.2) is 0 Å². The van der Waals surface area contributed by atoms with Gasteiger partial charge in [0.05, 0.1) is 0 Å². The van der Waals surface area contributed by atoms with Crippen molar-refractivity contribution >= 4 is 0 Å². The van der Waals surface area contributed by atoms with Crippen LogP contribution in [0.5, 0.6) is 0 Å². The maximum absolute atomic E-state index is 3.46. The number of hydrogen-bond donors (Lipinski definition) is 2. The minimum Gasteiger partial charge on any atom is -0.315 e. The van der Waals surface area contributed by atoms with E-state index in [9.17, 15) is 0 Å². The zero-order chi connectivity index (χ0) is 5.56. The summed E-state index contributed by atoms with van der Waals surface area (Å²) in [6.45, 7) is 0. The van der Waals surface area contributed by atoms with Crippen LogP contribution in [0.3, 0.4) is 0 Å². The molecule has 46 valence electrons. The van der Waals surface area contributed by atoms with Crippen molar-refractivity contribution in [3.8, 4) is 0 Å². The highest BCUT2D eigenvalue weighted by Crippen LogP contribution is 2.29. The van der Waals surface area contributed by atoms with E-state index in [0.717, 1.165) is 18.1 Å². The number of likely N-dealkylation sites (N-methyl/N-ethyl adjacent to an activating group) is 1. The molecule has 3 aliphatic rings. The van der Waals surface area contributed by atoms with Crippen LogP contribution in [0.4, 0.5) is 0 Å². The molecule has 3 rings (SSSR count). The molecule has 2 bridgehead atoms. The van der Waals surface area contributed by atoms with E-state index in [-0.39, 0.29) is 0 Å². The lowest BCUT2D eigenvalue weighted by atomic mass is 10.1. The van der Waals surface area contributed by atoms with Gasteiger partial charge in [0, 0.05) is 18.1 Å². The van der Waals surface area contributed by atoms with Crippen molar-refractivity contribution in [3.63, 3.8) is 0 Å². The number of rotatable bonds is 1. The van der Waals surface area contributed by atoms with E-state index in [0.29, 0.717) is 0 Å². The smallest absolute Gasteiger partial charge is 0.0239 e. The topological polar surface area (TPSA) is 24.1 Å². The highest BCUT2D eigenvalue weighted by molar-refractivity contribution is 5.05. The van der Waals surface area contributed by atoms with Gasteiger partial charge in [0.15, 0.2) is 0 Å². The largest absolute Gasteiger partial charge is 0.315 e. The van der Waals surface area contributed by atoms with E-state index in [2.05, 4.69) is 10.6 Å². The average molecular weight is 112 g/mol. The second-order valence-corrected chi connectivity index (χ2v) is 2.84. The van der Waals surface area contributed by atoms with Crippen molar-refractivity contribution < 1.29 is 0 Å². The van der Waals surface area contributed by atoms with Gasteiger partial charge in [0.2, 0.25) is 0 Å². The molecule has 0 aromatic heterocycles. The van der Waals surface area contributed by atoms with Crippen LogP contribution in [0, 0.1) is 0 Å². The normalized spacial score (nSPS) is 51.4. The maximum atomic E-state index is 3.46. The van der Waals surface area contributed by atoms with Crippen LogP contribution in [-0.2, 0) is 0 Å². The van der Waals surface area contributed by atoms with Gasteiger partial charge in [-0.05, 0) is 19.9 Å². The summed E-state index contributed by atoms with van der Waals surface area (Å²) < 4.78 is 0. The quantitative estimate of drug-likeness (QED) is 0.487. The molecule has 0 aromatic carbocycles. The van der Waals surface area contributed by atoms with E-state index in [1.807, 2.05) is 7.05 Å². The number of hydrogen-bond acceptors (Lipinski definition) is 2. The minimum atomic E-state index is 0.778. The van der Waals surface area contributed by atoms with Crippen LogP contribution in [0.25, 0.3) is 0 Å². The van der Waals surface area contributed by atoms with Gasteiger partial charge < -0.3 is 10.6 Å². The second-order valence-electron chi connectivity index (χ2n) is 2.84. The van der Waals surface area contributed by atoms with Crippen molar-refractivity contribution in [2.45, 2.75) is 31.0 Å². The molecule has 2 saturated heterocycles. The highest BCUT2D eigenvalue weighted by atomic mass is 15.1. The highest BCUT2D eigenvalue weighted by Gasteiger charge is 2.42. The standard InChI is InChI=1S/C6H12N2/c1-7-5-2-4-3-6(5)8-4/h4-8H,2-3H2,1H3. The zero-order valence-electron chi connectivity index (χ0n) is 5.15. The van der Waals surface area contributed by atoms with Gasteiger partial charge in [-0.1, -0.05) is 0 Å². The van der Waals surface area contributed by atoms with Crippen LogP contribution in [0.15, 0.2) is 0 Å². The average Bonchev–Trinajstić information content (AvgIpc) is 2.15. The molecule has 0 aromatic rings. The Balaban J connectivity index is 2.00. The molecule has 3 atom stereocenters. The lowest BCUT2D eigenvalue weighted by Gasteiger charge is -2.26. The van der Waals surface area contributed by atoms with Crippen LogP contribution in [0.1, 0.15) is 12.8 Å². The van der Waals surface area contributed by atoms with E-state index in [1.165, 1.54) is 12.8 Å². The molecule has 2 heteroatoms. The SMILES string of the molecule is CNC1CC2CC1N2. The van der Waals surface area contributed by atoms with Gasteiger partial charge >= 0.3 is 0 Å². The fraction of sp³-hybridized carbons (Fsp3) is 1.00. The van der Waals surface area contributed by atoms with Gasteiger partial charge in [-0.3, -0.25) is 0 Å². The molecule has 0 amide bonds. The third-order valence-electron chi connectivity index (χ3n) is 2.38. The number of nitrogens with one attached hydrogen (secondary N) is 2. The Morgan fingerprint density at radius 1 is 1.50 bits per heavy atom. The molecule has 8 heavy (non-hydrogen) atoms. The molecular formula is C6H12N2. The molecule has 2 heterocycles. The Morgan fingerprint density at radius 3 is 2.50 bits per heavy atom. The summed E-state index contributed by atoms with van der Waals surface area (Å²) in [5.74, 6) is 0. The fourth-order valence-electron chi connectivity index (χ4n) is 1.82. The molecule has 1 saturated carbocycles. The van der Waals surface area contributed by atoms with Crippen molar-refractivity contribution in [2.75, 3.05) is 7.05 Å². The summed E-state index contributed by atoms with van der Waals surface area (Å²) in [7, 11) is 2.05. The summed E-state index contributed by atoms with van der Waals surface area (Å²) in [6, 6.07) is 2.45. The zero-order valence-corrected chi connectivity index (χ0v) is 5.15. The summed E-state index contributed by atoms with van der Waals surface area (Å²) in [5.41, 5.74) is 0. The summed E-state index contributed by atoms with van der Waals surface area (Å²) >= 11 is 0.